The molecule has 2 heteroatoms. The minimum atomic E-state index is -0.708. The summed E-state index contributed by atoms with van der Waals surface area (Å²) < 4.78 is 0. The number of rotatable bonds is 1. The number of hydrogen-bond acceptors (Lipinski definition) is 2. The van der Waals surface area contributed by atoms with Crippen molar-refractivity contribution in [3.63, 3.8) is 0 Å². The van der Waals surface area contributed by atoms with Gasteiger partial charge in [0, 0.05) is 5.92 Å². The van der Waals surface area contributed by atoms with Crippen molar-refractivity contribution in [2.75, 3.05) is 0 Å². The number of allylic oxidation sites excluding steroid dienone is 1. The van der Waals surface area contributed by atoms with Crippen LogP contribution in [0.5, 0.6) is 0 Å². The first-order chi connectivity index (χ1) is 7.78. The van der Waals surface area contributed by atoms with E-state index in [1.54, 1.807) is 0 Å². The molecule has 0 unspecified atom stereocenters. The lowest BCUT2D eigenvalue weighted by atomic mass is 9.54. The lowest BCUT2D eigenvalue weighted by Crippen LogP contribution is -2.68. The van der Waals surface area contributed by atoms with Crippen LogP contribution in [0.1, 0.15) is 53.4 Å². The van der Waals surface area contributed by atoms with Crippen molar-refractivity contribution in [2.24, 2.45) is 23.5 Å². The fraction of sp³-hybridized carbons (Fsp3) is 0.867. The van der Waals surface area contributed by atoms with Gasteiger partial charge in [-0.25, -0.2) is 0 Å². The zero-order chi connectivity index (χ0) is 12.8. The van der Waals surface area contributed by atoms with Gasteiger partial charge in [-0.15, -0.1) is 0 Å². The summed E-state index contributed by atoms with van der Waals surface area (Å²) in [7, 11) is 0. The summed E-state index contributed by atoms with van der Waals surface area (Å²) in [6, 6.07) is 0. The molecule has 17 heavy (non-hydrogen) atoms. The SMILES string of the molecule is CC1=C[C@@H]2[C@@H](C(C)C)CC[C@@](C)(O)[C@]2(N)CC1. The topological polar surface area (TPSA) is 46.2 Å². The van der Waals surface area contributed by atoms with Crippen molar-refractivity contribution >= 4 is 0 Å². The molecule has 3 N–H and O–H groups in total. The standard InChI is InChI=1S/C15H27NO/c1-10(2)12-6-7-14(4,17)15(16)8-5-11(3)9-13(12)15/h9-10,12-13,17H,5-8,16H2,1-4H3/t12-,13-,14-,15+/m1/s1. The van der Waals surface area contributed by atoms with Gasteiger partial charge in [-0.1, -0.05) is 25.5 Å². The lowest BCUT2D eigenvalue weighted by molar-refractivity contribution is -0.0991. The molecular formula is C15H27NO. The summed E-state index contributed by atoms with van der Waals surface area (Å²) in [5, 5.41) is 10.7. The molecule has 0 amide bonds. The Balaban J connectivity index is 2.40. The summed E-state index contributed by atoms with van der Waals surface area (Å²) in [4.78, 5) is 0. The van der Waals surface area contributed by atoms with Crippen LogP contribution in [0.15, 0.2) is 11.6 Å². The van der Waals surface area contributed by atoms with Gasteiger partial charge in [0.15, 0.2) is 0 Å². The molecule has 2 rings (SSSR count). The fourth-order valence-corrected chi connectivity index (χ4v) is 3.85. The highest BCUT2D eigenvalue weighted by atomic mass is 16.3. The molecule has 0 aromatic heterocycles. The Kier molecular flexibility index (Phi) is 3.16. The van der Waals surface area contributed by atoms with Crippen molar-refractivity contribution in [1.82, 2.24) is 0 Å². The normalized spacial score (nSPS) is 46.6. The van der Waals surface area contributed by atoms with Crippen LogP contribution in [-0.2, 0) is 0 Å². The zero-order valence-electron chi connectivity index (χ0n) is 11.7. The van der Waals surface area contributed by atoms with Crippen molar-refractivity contribution in [3.05, 3.63) is 11.6 Å². The molecule has 1 saturated carbocycles. The monoisotopic (exact) mass is 237 g/mol. The molecule has 0 bridgehead atoms. The first-order valence-corrected chi connectivity index (χ1v) is 6.96. The molecule has 4 atom stereocenters. The van der Waals surface area contributed by atoms with Crippen LogP contribution < -0.4 is 5.73 Å². The quantitative estimate of drug-likeness (QED) is 0.689. The smallest absolute Gasteiger partial charge is 0.0804 e. The van der Waals surface area contributed by atoms with E-state index in [9.17, 15) is 5.11 Å². The minimum absolute atomic E-state index is 0.347. The lowest BCUT2D eigenvalue weighted by Gasteiger charge is -2.56. The summed E-state index contributed by atoms with van der Waals surface area (Å²) >= 11 is 0. The Morgan fingerprint density at radius 1 is 1.41 bits per heavy atom. The Bertz CT molecular complexity index is 332. The maximum Gasteiger partial charge on any atom is 0.0804 e. The van der Waals surface area contributed by atoms with E-state index in [1.807, 2.05) is 6.92 Å². The van der Waals surface area contributed by atoms with Gasteiger partial charge in [0.25, 0.3) is 0 Å². The van der Waals surface area contributed by atoms with Crippen LogP contribution in [0.4, 0.5) is 0 Å². The average molecular weight is 237 g/mol. The maximum atomic E-state index is 10.7. The number of fused-ring (bicyclic) bond motifs is 1. The molecule has 0 aromatic rings. The van der Waals surface area contributed by atoms with Crippen LogP contribution in [0.3, 0.4) is 0 Å². The van der Waals surface area contributed by atoms with Gasteiger partial charge in [0.2, 0.25) is 0 Å². The Morgan fingerprint density at radius 3 is 2.65 bits per heavy atom. The summed E-state index contributed by atoms with van der Waals surface area (Å²) in [6.45, 7) is 8.69. The second kappa shape index (κ2) is 4.10. The zero-order valence-corrected chi connectivity index (χ0v) is 11.7. The molecule has 0 spiro atoms. The van der Waals surface area contributed by atoms with Gasteiger partial charge in [-0.05, 0) is 51.4 Å². The van der Waals surface area contributed by atoms with E-state index >= 15 is 0 Å². The summed E-state index contributed by atoms with van der Waals surface area (Å²) in [5.41, 5.74) is 6.96. The van der Waals surface area contributed by atoms with E-state index in [4.69, 9.17) is 5.73 Å². The third kappa shape index (κ3) is 1.96. The van der Waals surface area contributed by atoms with E-state index in [0.29, 0.717) is 17.8 Å². The molecular weight excluding hydrogens is 210 g/mol. The van der Waals surface area contributed by atoms with Gasteiger partial charge in [-0.3, -0.25) is 0 Å². The number of hydrogen-bond donors (Lipinski definition) is 2. The molecule has 2 aliphatic rings. The molecule has 0 saturated heterocycles. The molecule has 98 valence electrons. The Hall–Kier alpha value is -0.340. The van der Waals surface area contributed by atoms with E-state index in [1.165, 1.54) is 5.57 Å². The molecule has 2 nitrogen and oxygen atoms in total. The largest absolute Gasteiger partial charge is 0.388 e. The first-order valence-electron chi connectivity index (χ1n) is 6.96. The fourth-order valence-electron chi connectivity index (χ4n) is 3.85. The predicted molar refractivity (Wildman–Crippen MR) is 71.6 cm³/mol. The number of nitrogens with two attached hydrogens (primary N) is 1. The van der Waals surface area contributed by atoms with E-state index in [2.05, 4.69) is 26.8 Å². The second-order valence-electron chi connectivity index (χ2n) is 6.80. The van der Waals surface area contributed by atoms with E-state index in [0.717, 1.165) is 25.7 Å². The molecule has 1 fully saturated rings. The van der Waals surface area contributed by atoms with E-state index < -0.39 is 11.1 Å². The molecule has 2 aliphatic carbocycles. The van der Waals surface area contributed by atoms with Crippen LogP contribution in [-0.4, -0.2) is 16.2 Å². The molecule has 0 aliphatic heterocycles. The second-order valence-corrected chi connectivity index (χ2v) is 6.80. The molecule has 0 radical (unpaired) electrons. The Morgan fingerprint density at radius 2 is 2.06 bits per heavy atom. The van der Waals surface area contributed by atoms with Crippen molar-refractivity contribution in [2.45, 2.75) is 64.5 Å². The van der Waals surface area contributed by atoms with Crippen molar-refractivity contribution in [3.8, 4) is 0 Å². The highest BCUT2D eigenvalue weighted by Crippen LogP contribution is 2.50. The van der Waals surface area contributed by atoms with Gasteiger partial charge in [-0.2, -0.15) is 0 Å². The van der Waals surface area contributed by atoms with Crippen molar-refractivity contribution in [1.29, 1.82) is 0 Å². The third-order valence-corrected chi connectivity index (χ3v) is 5.28. The van der Waals surface area contributed by atoms with Crippen LogP contribution in [0.25, 0.3) is 0 Å². The van der Waals surface area contributed by atoms with Crippen LogP contribution in [0, 0.1) is 17.8 Å². The molecule has 0 aromatic carbocycles. The van der Waals surface area contributed by atoms with Gasteiger partial charge in [0.05, 0.1) is 11.1 Å². The highest BCUT2D eigenvalue weighted by Gasteiger charge is 2.55. The molecule has 0 heterocycles. The third-order valence-electron chi connectivity index (χ3n) is 5.28. The van der Waals surface area contributed by atoms with Gasteiger partial charge < -0.3 is 10.8 Å². The van der Waals surface area contributed by atoms with Crippen LogP contribution >= 0.6 is 0 Å². The van der Waals surface area contributed by atoms with Crippen molar-refractivity contribution < 1.29 is 5.11 Å². The maximum absolute atomic E-state index is 10.7. The van der Waals surface area contributed by atoms with Gasteiger partial charge in [0.1, 0.15) is 0 Å². The van der Waals surface area contributed by atoms with E-state index in [-0.39, 0.29) is 0 Å². The van der Waals surface area contributed by atoms with Gasteiger partial charge >= 0.3 is 0 Å². The average Bonchev–Trinajstić information content (AvgIpc) is 2.21. The summed E-state index contributed by atoms with van der Waals surface area (Å²) in [6.07, 6.45) is 6.25. The summed E-state index contributed by atoms with van der Waals surface area (Å²) in [5.74, 6) is 1.61. The predicted octanol–water partition coefficient (Wildman–Crippen LogP) is 2.86. The first kappa shape index (κ1) is 13.1. The minimum Gasteiger partial charge on any atom is -0.388 e. The number of aliphatic hydroxyl groups is 1. The highest BCUT2D eigenvalue weighted by molar-refractivity contribution is 5.22. The van der Waals surface area contributed by atoms with Crippen LogP contribution in [0.2, 0.25) is 0 Å². The Labute approximate surface area is 105 Å².